The molecule has 0 atom stereocenters. The highest BCUT2D eigenvalue weighted by Gasteiger charge is 2.23. The standard InChI is InChI=1S/C18H23N5O2/c1-2-17-20-21-18(23(17)7-1)11-19-13-5-8-22(9-6-13)14-3-4-15-16(10-14)25-12-24-15/h3-4,10,13,19H,1-2,5-9,11-12H2. The highest BCUT2D eigenvalue weighted by Crippen LogP contribution is 2.36. The molecule has 1 N–H and O–H groups in total. The fraction of sp³-hybridized carbons (Fsp3) is 0.556. The molecular weight excluding hydrogens is 318 g/mol. The van der Waals surface area contributed by atoms with Crippen LogP contribution in [0.1, 0.15) is 30.9 Å². The molecule has 1 fully saturated rings. The fourth-order valence-corrected chi connectivity index (χ4v) is 4.00. The molecule has 5 rings (SSSR count). The summed E-state index contributed by atoms with van der Waals surface area (Å²) >= 11 is 0. The number of hydrogen-bond acceptors (Lipinski definition) is 6. The van der Waals surface area contributed by atoms with Crippen molar-refractivity contribution in [3.63, 3.8) is 0 Å². The van der Waals surface area contributed by atoms with Crippen molar-refractivity contribution < 1.29 is 9.47 Å². The SMILES string of the molecule is c1cc2c(cc1N1CCC(NCc3nnc4n3CCC4)CC1)OCO2. The van der Waals surface area contributed by atoms with Gasteiger partial charge in [-0.3, -0.25) is 0 Å². The van der Waals surface area contributed by atoms with Gasteiger partial charge in [0.25, 0.3) is 0 Å². The van der Waals surface area contributed by atoms with Crippen molar-refractivity contribution in [1.29, 1.82) is 0 Å². The minimum atomic E-state index is 0.330. The number of ether oxygens (including phenoxy) is 2. The number of rotatable bonds is 4. The molecule has 2 aromatic rings. The Labute approximate surface area is 146 Å². The first-order chi connectivity index (χ1) is 12.4. The van der Waals surface area contributed by atoms with Crippen molar-refractivity contribution in [3.05, 3.63) is 29.8 Å². The van der Waals surface area contributed by atoms with E-state index in [0.717, 1.165) is 68.6 Å². The first-order valence-corrected chi connectivity index (χ1v) is 9.16. The summed E-state index contributed by atoms with van der Waals surface area (Å²) in [4.78, 5) is 2.43. The molecule has 7 nitrogen and oxygen atoms in total. The zero-order valence-electron chi connectivity index (χ0n) is 14.3. The van der Waals surface area contributed by atoms with E-state index in [9.17, 15) is 0 Å². The van der Waals surface area contributed by atoms with Crippen LogP contribution in [0.2, 0.25) is 0 Å². The maximum Gasteiger partial charge on any atom is 0.231 e. The average Bonchev–Trinajstić information content (AvgIpc) is 3.37. The van der Waals surface area contributed by atoms with Gasteiger partial charge in [0.05, 0.1) is 6.54 Å². The van der Waals surface area contributed by atoms with E-state index in [-0.39, 0.29) is 0 Å². The Balaban J connectivity index is 1.16. The number of benzene rings is 1. The van der Waals surface area contributed by atoms with Crippen molar-refractivity contribution in [1.82, 2.24) is 20.1 Å². The van der Waals surface area contributed by atoms with E-state index in [0.29, 0.717) is 12.8 Å². The second-order valence-corrected chi connectivity index (χ2v) is 6.97. The zero-order chi connectivity index (χ0) is 16.6. The second-order valence-electron chi connectivity index (χ2n) is 6.97. The van der Waals surface area contributed by atoms with E-state index >= 15 is 0 Å². The minimum absolute atomic E-state index is 0.330. The maximum atomic E-state index is 5.49. The summed E-state index contributed by atoms with van der Waals surface area (Å²) in [6.45, 7) is 4.32. The van der Waals surface area contributed by atoms with Crippen LogP contribution in [0.4, 0.5) is 5.69 Å². The lowest BCUT2D eigenvalue weighted by Gasteiger charge is -2.34. The van der Waals surface area contributed by atoms with Gasteiger partial charge in [-0.25, -0.2) is 0 Å². The van der Waals surface area contributed by atoms with Gasteiger partial charge in [-0.05, 0) is 31.4 Å². The number of nitrogens with one attached hydrogen (secondary N) is 1. The molecule has 0 spiro atoms. The fourth-order valence-electron chi connectivity index (χ4n) is 4.00. The molecule has 1 saturated heterocycles. The lowest BCUT2D eigenvalue weighted by atomic mass is 10.0. The molecule has 0 bridgehead atoms. The summed E-state index contributed by atoms with van der Waals surface area (Å²) in [6.07, 6.45) is 4.54. The maximum absolute atomic E-state index is 5.49. The van der Waals surface area contributed by atoms with Crippen LogP contribution in [0, 0.1) is 0 Å². The molecule has 0 unspecified atom stereocenters. The molecule has 0 aliphatic carbocycles. The zero-order valence-corrected chi connectivity index (χ0v) is 14.3. The molecule has 1 aromatic heterocycles. The van der Waals surface area contributed by atoms with Crippen LogP contribution in [0.25, 0.3) is 0 Å². The van der Waals surface area contributed by atoms with E-state index in [1.165, 1.54) is 12.1 Å². The summed E-state index contributed by atoms with van der Waals surface area (Å²) in [7, 11) is 0. The first kappa shape index (κ1) is 15.0. The summed E-state index contributed by atoms with van der Waals surface area (Å²) in [5.74, 6) is 3.94. The summed E-state index contributed by atoms with van der Waals surface area (Å²) in [5.41, 5.74) is 1.22. The Morgan fingerprint density at radius 3 is 2.88 bits per heavy atom. The predicted octanol–water partition coefficient (Wildman–Crippen LogP) is 1.71. The second kappa shape index (κ2) is 6.22. The number of aromatic nitrogens is 3. The lowest BCUT2D eigenvalue weighted by Crippen LogP contribution is -2.42. The van der Waals surface area contributed by atoms with Crippen molar-refractivity contribution in [3.8, 4) is 11.5 Å². The van der Waals surface area contributed by atoms with Gasteiger partial charge < -0.3 is 24.3 Å². The van der Waals surface area contributed by atoms with Crippen LogP contribution in [0.15, 0.2) is 18.2 Å². The molecule has 25 heavy (non-hydrogen) atoms. The Bertz CT molecular complexity index is 767. The number of anilines is 1. The first-order valence-electron chi connectivity index (χ1n) is 9.16. The Morgan fingerprint density at radius 2 is 1.96 bits per heavy atom. The van der Waals surface area contributed by atoms with Crippen LogP contribution < -0.4 is 19.7 Å². The predicted molar refractivity (Wildman–Crippen MR) is 93.0 cm³/mol. The Kier molecular flexibility index (Phi) is 3.73. The number of hydrogen-bond donors (Lipinski definition) is 1. The third kappa shape index (κ3) is 2.82. The Hall–Kier alpha value is -2.28. The molecule has 0 amide bonds. The quantitative estimate of drug-likeness (QED) is 0.913. The molecule has 3 aliphatic heterocycles. The highest BCUT2D eigenvalue weighted by atomic mass is 16.7. The van der Waals surface area contributed by atoms with Crippen LogP contribution in [-0.4, -0.2) is 40.7 Å². The third-order valence-corrected chi connectivity index (χ3v) is 5.45. The summed E-state index contributed by atoms with van der Waals surface area (Å²) < 4.78 is 13.2. The molecule has 132 valence electrons. The monoisotopic (exact) mass is 341 g/mol. The Morgan fingerprint density at radius 1 is 1.08 bits per heavy atom. The molecule has 1 aromatic carbocycles. The van der Waals surface area contributed by atoms with Gasteiger partial charge in [0.2, 0.25) is 6.79 Å². The number of piperidine rings is 1. The summed E-state index contributed by atoms with van der Waals surface area (Å²) in [5, 5.41) is 12.3. The molecule has 3 aliphatic rings. The van der Waals surface area contributed by atoms with Gasteiger partial charge in [0, 0.05) is 43.9 Å². The van der Waals surface area contributed by atoms with Gasteiger partial charge in [0.1, 0.15) is 11.6 Å². The van der Waals surface area contributed by atoms with Gasteiger partial charge in [0.15, 0.2) is 11.5 Å². The van der Waals surface area contributed by atoms with Crippen LogP contribution >= 0.6 is 0 Å². The van der Waals surface area contributed by atoms with Gasteiger partial charge >= 0.3 is 0 Å². The van der Waals surface area contributed by atoms with Gasteiger partial charge in [-0.2, -0.15) is 0 Å². The van der Waals surface area contributed by atoms with E-state index in [2.05, 4.69) is 37.1 Å². The van der Waals surface area contributed by atoms with Crippen LogP contribution in [0.3, 0.4) is 0 Å². The molecule has 0 saturated carbocycles. The summed E-state index contributed by atoms with van der Waals surface area (Å²) in [6, 6.07) is 6.77. The van der Waals surface area contributed by atoms with E-state index < -0.39 is 0 Å². The van der Waals surface area contributed by atoms with Crippen molar-refractivity contribution in [2.75, 3.05) is 24.8 Å². The van der Waals surface area contributed by atoms with E-state index in [1.54, 1.807) is 0 Å². The number of nitrogens with zero attached hydrogens (tertiary/aromatic N) is 4. The highest BCUT2D eigenvalue weighted by molar-refractivity contribution is 5.57. The van der Waals surface area contributed by atoms with Gasteiger partial charge in [-0.15, -0.1) is 10.2 Å². The third-order valence-electron chi connectivity index (χ3n) is 5.45. The normalized spacial score (nSPS) is 19.4. The van der Waals surface area contributed by atoms with E-state index in [1.807, 2.05) is 6.07 Å². The van der Waals surface area contributed by atoms with Gasteiger partial charge in [-0.1, -0.05) is 0 Å². The topological polar surface area (TPSA) is 64.4 Å². The largest absolute Gasteiger partial charge is 0.454 e. The smallest absolute Gasteiger partial charge is 0.231 e. The van der Waals surface area contributed by atoms with Crippen molar-refractivity contribution in [2.45, 2.75) is 44.8 Å². The number of fused-ring (bicyclic) bond motifs is 2. The number of aryl methyl sites for hydroxylation is 1. The molecular formula is C18H23N5O2. The van der Waals surface area contributed by atoms with Crippen LogP contribution in [-0.2, 0) is 19.5 Å². The van der Waals surface area contributed by atoms with Crippen molar-refractivity contribution >= 4 is 5.69 Å². The van der Waals surface area contributed by atoms with Crippen LogP contribution in [0.5, 0.6) is 11.5 Å². The molecule has 0 radical (unpaired) electrons. The molecule has 4 heterocycles. The lowest BCUT2D eigenvalue weighted by molar-refractivity contribution is 0.174. The average molecular weight is 341 g/mol. The van der Waals surface area contributed by atoms with Crippen molar-refractivity contribution in [2.24, 2.45) is 0 Å². The minimum Gasteiger partial charge on any atom is -0.454 e. The van der Waals surface area contributed by atoms with E-state index in [4.69, 9.17) is 9.47 Å². The molecule has 7 heteroatoms.